The van der Waals surface area contributed by atoms with Crippen LogP contribution in [0.4, 0.5) is 0 Å². The van der Waals surface area contributed by atoms with Crippen LogP contribution in [0, 0.1) is 0 Å². The van der Waals surface area contributed by atoms with Crippen molar-refractivity contribution in [3.05, 3.63) is 23.8 Å². The lowest BCUT2D eigenvalue weighted by atomic mass is 10.0. The molecule has 1 aliphatic carbocycles. The maximum atomic E-state index is 10.5. The van der Waals surface area contributed by atoms with Crippen molar-refractivity contribution in [2.24, 2.45) is 0 Å². The van der Waals surface area contributed by atoms with E-state index in [1.54, 1.807) is 18.2 Å². The van der Waals surface area contributed by atoms with Crippen LogP contribution in [0.5, 0.6) is 0 Å². The van der Waals surface area contributed by atoms with Crippen molar-refractivity contribution in [3.8, 4) is 0 Å². The molecule has 0 saturated carbocycles. The van der Waals surface area contributed by atoms with Crippen LogP contribution in [0.15, 0.2) is 23.8 Å². The maximum absolute atomic E-state index is 10.5. The minimum absolute atomic E-state index is 0.440. The van der Waals surface area contributed by atoms with Crippen molar-refractivity contribution >= 4 is 17.9 Å². The number of carbonyl (C=O) groups is 1. The number of allylic oxidation sites excluding steroid dienone is 2. The molecule has 0 saturated heterocycles. The summed E-state index contributed by atoms with van der Waals surface area (Å²) in [6.45, 7) is 0. The van der Waals surface area contributed by atoms with Gasteiger partial charge in [0.15, 0.2) is 5.06 Å². The van der Waals surface area contributed by atoms with Crippen LogP contribution >= 0.6 is 11.6 Å². The van der Waals surface area contributed by atoms with Gasteiger partial charge in [0.1, 0.15) is 12.4 Å². The molecule has 0 aromatic heterocycles. The first kappa shape index (κ1) is 10.4. The first-order valence-corrected chi connectivity index (χ1v) is 4.17. The smallest absolute Gasteiger partial charge is 0.190 e. The van der Waals surface area contributed by atoms with Gasteiger partial charge in [-0.15, -0.1) is 0 Å². The number of rotatable bonds is 3. The van der Waals surface area contributed by atoms with E-state index in [0.717, 1.165) is 6.29 Å². The lowest BCUT2D eigenvalue weighted by Gasteiger charge is -2.30. The van der Waals surface area contributed by atoms with Crippen LogP contribution < -0.4 is 0 Å². The molecular formula is C9H11ClO3. The molecule has 72 valence electrons. The standard InChI is InChI=1S/C9H11ClO3/c1-12-8-5-7(6-11)3-4-9(8,10)13-2/h3-6,8H,1-2H3. The normalized spacial score (nSPS) is 32.8. The highest BCUT2D eigenvalue weighted by Gasteiger charge is 2.35. The number of ether oxygens (including phenoxy) is 2. The molecule has 3 nitrogen and oxygen atoms in total. The van der Waals surface area contributed by atoms with Crippen molar-refractivity contribution in [3.63, 3.8) is 0 Å². The molecule has 1 aliphatic rings. The van der Waals surface area contributed by atoms with Gasteiger partial charge in [-0.2, -0.15) is 0 Å². The molecule has 0 amide bonds. The summed E-state index contributed by atoms with van der Waals surface area (Å²) >= 11 is 6.05. The Hall–Kier alpha value is -0.640. The zero-order chi connectivity index (χ0) is 9.90. The molecule has 0 aromatic rings. The number of hydrogen-bond acceptors (Lipinski definition) is 3. The maximum Gasteiger partial charge on any atom is 0.190 e. The van der Waals surface area contributed by atoms with Gasteiger partial charge in [-0.3, -0.25) is 4.79 Å². The molecule has 0 radical (unpaired) electrons. The second-order valence-corrected chi connectivity index (χ2v) is 3.27. The molecule has 2 atom stereocenters. The quantitative estimate of drug-likeness (QED) is 0.511. The SMILES string of the molecule is COC1C=C(C=O)C=CC1(Cl)OC. The number of aldehydes is 1. The average molecular weight is 203 g/mol. The third-order valence-electron chi connectivity index (χ3n) is 1.94. The number of halogens is 1. The van der Waals surface area contributed by atoms with Gasteiger partial charge in [0, 0.05) is 19.8 Å². The molecule has 0 N–H and O–H groups in total. The van der Waals surface area contributed by atoms with E-state index in [-0.39, 0.29) is 0 Å². The van der Waals surface area contributed by atoms with Gasteiger partial charge in [-0.05, 0) is 12.2 Å². The monoisotopic (exact) mass is 202 g/mol. The summed E-state index contributed by atoms with van der Waals surface area (Å²) < 4.78 is 10.2. The highest BCUT2D eigenvalue weighted by molar-refractivity contribution is 6.25. The topological polar surface area (TPSA) is 35.5 Å². The summed E-state index contributed by atoms with van der Waals surface area (Å²) in [7, 11) is 3.00. The summed E-state index contributed by atoms with van der Waals surface area (Å²) in [5, 5.41) is -0.999. The van der Waals surface area contributed by atoms with Gasteiger partial charge in [0.05, 0.1) is 0 Å². The predicted molar refractivity (Wildman–Crippen MR) is 49.7 cm³/mol. The minimum Gasteiger partial charge on any atom is -0.373 e. The van der Waals surface area contributed by atoms with Crippen molar-refractivity contribution < 1.29 is 14.3 Å². The van der Waals surface area contributed by atoms with Gasteiger partial charge >= 0.3 is 0 Å². The largest absolute Gasteiger partial charge is 0.373 e. The van der Waals surface area contributed by atoms with E-state index in [1.165, 1.54) is 14.2 Å². The Bertz CT molecular complexity index is 260. The van der Waals surface area contributed by atoms with Crippen molar-refractivity contribution in [1.29, 1.82) is 0 Å². The average Bonchev–Trinajstić information content (AvgIpc) is 2.18. The van der Waals surface area contributed by atoms with Gasteiger partial charge in [-0.25, -0.2) is 0 Å². The molecule has 1 rings (SSSR count). The molecule has 0 aliphatic heterocycles. The Balaban J connectivity index is 2.91. The van der Waals surface area contributed by atoms with Crippen molar-refractivity contribution in [2.45, 2.75) is 11.2 Å². The molecule has 0 fully saturated rings. The molecular weight excluding hydrogens is 192 g/mol. The molecule has 0 aromatic carbocycles. The van der Waals surface area contributed by atoms with Crippen LogP contribution in [-0.2, 0) is 14.3 Å². The van der Waals surface area contributed by atoms with Crippen molar-refractivity contribution in [1.82, 2.24) is 0 Å². The van der Waals surface area contributed by atoms with Gasteiger partial charge in [0.25, 0.3) is 0 Å². The fourth-order valence-electron chi connectivity index (χ4n) is 1.14. The van der Waals surface area contributed by atoms with Crippen molar-refractivity contribution in [2.75, 3.05) is 14.2 Å². The summed E-state index contributed by atoms with van der Waals surface area (Å²) in [6.07, 6.45) is 5.15. The highest BCUT2D eigenvalue weighted by atomic mass is 35.5. The molecule has 13 heavy (non-hydrogen) atoms. The van der Waals surface area contributed by atoms with E-state index >= 15 is 0 Å². The number of alkyl halides is 1. The van der Waals surface area contributed by atoms with Crippen LogP contribution in [0.1, 0.15) is 0 Å². The fraction of sp³-hybridized carbons (Fsp3) is 0.444. The van der Waals surface area contributed by atoms with Crippen LogP contribution in [0.2, 0.25) is 0 Å². The van der Waals surface area contributed by atoms with Gasteiger partial charge in [-0.1, -0.05) is 17.7 Å². The third kappa shape index (κ3) is 1.99. The Kier molecular flexibility index (Phi) is 3.25. The number of carbonyl (C=O) groups excluding carboxylic acids is 1. The Morgan fingerprint density at radius 2 is 2.31 bits per heavy atom. The predicted octanol–water partition coefficient (Wildman–Crippen LogP) is 1.28. The lowest BCUT2D eigenvalue weighted by molar-refractivity contribution is -0.104. The van der Waals surface area contributed by atoms with E-state index in [4.69, 9.17) is 21.1 Å². The zero-order valence-corrected chi connectivity index (χ0v) is 8.25. The third-order valence-corrected chi connectivity index (χ3v) is 2.43. The van der Waals surface area contributed by atoms with E-state index in [1.807, 2.05) is 0 Å². The number of hydrogen-bond donors (Lipinski definition) is 0. The molecule has 4 heteroatoms. The van der Waals surface area contributed by atoms with E-state index in [0.29, 0.717) is 5.57 Å². The summed E-state index contributed by atoms with van der Waals surface area (Å²) in [6, 6.07) is 0. The first-order chi connectivity index (χ1) is 6.16. The minimum atomic E-state index is -0.999. The Morgan fingerprint density at radius 3 is 2.77 bits per heavy atom. The summed E-state index contributed by atoms with van der Waals surface area (Å²) in [5.74, 6) is 0. The molecule has 2 unspecified atom stereocenters. The zero-order valence-electron chi connectivity index (χ0n) is 7.49. The second-order valence-electron chi connectivity index (χ2n) is 2.68. The molecule has 0 heterocycles. The fourth-order valence-corrected chi connectivity index (χ4v) is 1.36. The second kappa shape index (κ2) is 4.05. The van der Waals surface area contributed by atoms with Gasteiger partial charge in [0.2, 0.25) is 0 Å². The molecule has 0 spiro atoms. The van der Waals surface area contributed by atoms with E-state index < -0.39 is 11.2 Å². The number of methoxy groups -OCH3 is 2. The first-order valence-electron chi connectivity index (χ1n) is 3.79. The highest BCUT2D eigenvalue weighted by Crippen LogP contribution is 2.30. The van der Waals surface area contributed by atoms with Gasteiger partial charge < -0.3 is 9.47 Å². The van der Waals surface area contributed by atoms with E-state index in [9.17, 15) is 4.79 Å². The Morgan fingerprint density at radius 1 is 1.62 bits per heavy atom. The summed E-state index contributed by atoms with van der Waals surface area (Å²) in [4.78, 5) is 10.5. The molecule has 0 bridgehead atoms. The van der Waals surface area contributed by atoms with Crippen LogP contribution in [-0.4, -0.2) is 31.7 Å². The lowest BCUT2D eigenvalue weighted by Crippen LogP contribution is -2.38. The van der Waals surface area contributed by atoms with Crippen LogP contribution in [0.25, 0.3) is 0 Å². The van der Waals surface area contributed by atoms with Crippen LogP contribution in [0.3, 0.4) is 0 Å². The Labute approximate surface area is 82.0 Å². The van der Waals surface area contributed by atoms with E-state index in [2.05, 4.69) is 0 Å². The summed E-state index contributed by atoms with van der Waals surface area (Å²) in [5.41, 5.74) is 0.542.